The third-order valence-electron chi connectivity index (χ3n) is 3.17. The van der Waals surface area contributed by atoms with Crippen molar-refractivity contribution in [2.45, 2.75) is 13.1 Å². The van der Waals surface area contributed by atoms with Crippen molar-refractivity contribution in [3.05, 3.63) is 35.4 Å². The van der Waals surface area contributed by atoms with Crippen LogP contribution in [-0.2, 0) is 17.9 Å². The van der Waals surface area contributed by atoms with Gasteiger partial charge in [0.2, 0.25) is 5.91 Å². The molecule has 2 N–H and O–H groups in total. The number of rotatable bonds is 3. The van der Waals surface area contributed by atoms with Gasteiger partial charge in [0.25, 0.3) is 0 Å². The third-order valence-corrected chi connectivity index (χ3v) is 3.17. The molecule has 1 aliphatic rings. The standard InChI is InChI=1S/C13H19N3O/c1-15-5-6-16(10-13(15)17)9-12-4-2-3-11(7-12)8-14/h2-4,7H,5-6,8-10,14H2,1H3. The summed E-state index contributed by atoms with van der Waals surface area (Å²) in [6.07, 6.45) is 0. The Labute approximate surface area is 102 Å². The molecule has 4 nitrogen and oxygen atoms in total. The fourth-order valence-electron chi connectivity index (χ4n) is 2.06. The number of carbonyl (C=O) groups is 1. The topological polar surface area (TPSA) is 49.6 Å². The van der Waals surface area contributed by atoms with E-state index in [9.17, 15) is 4.79 Å². The number of amides is 1. The summed E-state index contributed by atoms with van der Waals surface area (Å²) in [4.78, 5) is 15.5. The summed E-state index contributed by atoms with van der Waals surface area (Å²) in [6.45, 7) is 3.66. The Balaban J connectivity index is 1.98. The number of piperazine rings is 1. The molecule has 0 aromatic heterocycles. The molecule has 1 amide bonds. The normalized spacial score (nSPS) is 17.5. The van der Waals surface area contributed by atoms with Gasteiger partial charge in [0.05, 0.1) is 6.54 Å². The molecule has 17 heavy (non-hydrogen) atoms. The minimum Gasteiger partial charge on any atom is -0.343 e. The molecular formula is C13H19N3O. The summed E-state index contributed by atoms with van der Waals surface area (Å²) in [7, 11) is 1.86. The molecule has 4 heteroatoms. The van der Waals surface area contributed by atoms with Gasteiger partial charge in [0.15, 0.2) is 0 Å². The quantitative estimate of drug-likeness (QED) is 0.823. The monoisotopic (exact) mass is 233 g/mol. The number of nitrogens with zero attached hydrogens (tertiary/aromatic N) is 2. The molecule has 0 aliphatic carbocycles. The molecule has 1 saturated heterocycles. The van der Waals surface area contributed by atoms with Gasteiger partial charge < -0.3 is 10.6 Å². The maximum atomic E-state index is 11.6. The van der Waals surface area contributed by atoms with Crippen LogP contribution < -0.4 is 5.73 Å². The van der Waals surface area contributed by atoms with E-state index >= 15 is 0 Å². The van der Waals surface area contributed by atoms with Crippen LogP contribution in [0.4, 0.5) is 0 Å². The van der Waals surface area contributed by atoms with Crippen LogP contribution in [0.25, 0.3) is 0 Å². The van der Waals surface area contributed by atoms with E-state index in [0.29, 0.717) is 13.1 Å². The fourth-order valence-corrected chi connectivity index (χ4v) is 2.06. The average Bonchev–Trinajstić information content (AvgIpc) is 2.34. The van der Waals surface area contributed by atoms with E-state index in [0.717, 1.165) is 25.2 Å². The Morgan fingerprint density at radius 3 is 2.76 bits per heavy atom. The van der Waals surface area contributed by atoms with E-state index in [-0.39, 0.29) is 5.91 Å². The van der Waals surface area contributed by atoms with Crippen LogP contribution in [0.1, 0.15) is 11.1 Å². The van der Waals surface area contributed by atoms with Gasteiger partial charge >= 0.3 is 0 Å². The summed E-state index contributed by atoms with van der Waals surface area (Å²) >= 11 is 0. The maximum Gasteiger partial charge on any atom is 0.236 e. The highest BCUT2D eigenvalue weighted by Crippen LogP contribution is 2.10. The first-order chi connectivity index (χ1) is 8.19. The average molecular weight is 233 g/mol. The summed E-state index contributed by atoms with van der Waals surface area (Å²) in [5.74, 6) is 0.200. The molecule has 1 aliphatic heterocycles. The predicted octanol–water partition coefficient (Wildman–Crippen LogP) is 0.419. The molecule has 92 valence electrons. The van der Waals surface area contributed by atoms with Crippen molar-refractivity contribution in [3.8, 4) is 0 Å². The second kappa shape index (κ2) is 5.29. The smallest absolute Gasteiger partial charge is 0.236 e. The van der Waals surface area contributed by atoms with Crippen LogP contribution >= 0.6 is 0 Å². The Hall–Kier alpha value is -1.39. The van der Waals surface area contributed by atoms with E-state index in [1.54, 1.807) is 4.90 Å². The molecule has 1 aromatic carbocycles. The summed E-state index contributed by atoms with van der Waals surface area (Å²) in [5.41, 5.74) is 7.99. The summed E-state index contributed by atoms with van der Waals surface area (Å²) in [6, 6.07) is 8.25. The second-order valence-corrected chi connectivity index (χ2v) is 4.55. The number of hydrogen-bond acceptors (Lipinski definition) is 3. The third kappa shape index (κ3) is 3.05. The Kier molecular flexibility index (Phi) is 3.76. The molecule has 0 radical (unpaired) electrons. The molecule has 0 unspecified atom stereocenters. The number of carbonyl (C=O) groups excluding carboxylic acids is 1. The summed E-state index contributed by atoms with van der Waals surface area (Å²) < 4.78 is 0. The van der Waals surface area contributed by atoms with Crippen molar-refractivity contribution in [1.29, 1.82) is 0 Å². The molecule has 1 heterocycles. The van der Waals surface area contributed by atoms with Crippen LogP contribution in [0.15, 0.2) is 24.3 Å². The van der Waals surface area contributed by atoms with Crippen molar-refractivity contribution in [2.24, 2.45) is 5.73 Å². The van der Waals surface area contributed by atoms with Gasteiger partial charge in [-0.3, -0.25) is 9.69 Å². The van der Waals surface area contributed by atoms with E-state index < -0.39 is 0 Å². The lowest BCUT2D eigenvalue weighted by molar-refractivity contribution is -0.134. The number of hydrogen-bond donors (Lipinski definition) is 1. The van der Waals surface area contributed by atoms with Crippen LogP contribution in [-0.4, -0.2) is 42.4 Å². The van der Waals surface area contributed by atoms with Crippen LogP contribution in [0.5, 0.6) is 0 Å². The van der Waals surface area contributed by atoms with Gasteiger partial charge in [-0.05, 0) is 11.1 Å². The van der Waals surface area contributed by atoms with Crippen molar-refractivity contribution < 1.29 is 4.79 Å². The number of likely N-dealkylation sites (N-methyl/N-ethyl adjacent to an activating group) is 1. The van der Waals surface area contributed by atoms with Crippen LogP contribution in [0.2, 0.25) is 0 Å². The highest BCUT2D eigenvalue weighted by Gasteiger charge is 2.20. The van der Waals surface area contributed by atoms with Gasteiger partial charge in [-0.25, -0.2) is 0 Å². The first-order valence-electron chi connectivity index (χ1n) is 5.93. The summed E-state index contributed by atoms with van der Waals surface area (Å²) in [5, 5.41) is 0. The van der Waals surface area contributed by atoms with Gasteiger partial charge in [0, 0.05) is 33.2 Å². The lowest BCUT2D eigenvalue weighted by Crippen LogP contribution is -2.47. The molecule has 0 atom stereocenters. The van der Waals surface area contributed by atoms with Gasteiger partial charge in [-0.1, -0.05) is 24.3 Å². The van der Waals surface area contributed by atoms with Crippen molar-refractivity contribution in [3.63, 3.8) is 0 Å². The number of nitrogens with two attached hydrogens (primary N) is 1. The second-order valence-electron chi connectivity index (χ2n) is 4.55. The zero-order valence-electron chi connectivity index (χ0n) is 10.2. The van der Waals surface area contributed by atoms with Crippen LogP contribution in [0, 0.1) is 0 Å². The van der Waals surface area contributed by atoms with E-state index in [1.807, 2.05) is 19.2 Å². The predicted molar refractivity (Wildman–Crippen MR) is 67.2 cm³/mol. The van der Waals surface area contributed by atoms with E-state index in [2.05, 4.69) is 17.0 Å². The minimum absolute atomic E-state index is 0.200. The first kappa shape index (κ1) is 12.1. The van der Waals surface area contributed by atoms with Gasteiger partial charge in [-0.2, -0.15) is 0 Å². The van der Waals surface area contributed by atoms with Crippen molar-refractivity contribution in [2.75, 3.05) is 26.7 Å². The molecule has 1 aromatic rings. The van der Waals surface area contributed by atoms with Crippen molar-refractivity contribution in [1.82, 2.24) is 9.80 Å². The minimum atomic E-state index is 0.200. The SMILES string of the molecule is CN1CCN(Cc2cccc(CN)c2)CC1=O. The molecule has 0 bridgehead atoms. The molecular weight excluding hydrogens is 214 g/mol. The van der Waals surface area contributed by atoms with Gasteiger partial charge in [-0.15, -0.1) is 0 Å². The van der Waals surface area contributed by atoms with Gasteiger partial charge in [0.1, 0.15) is 0 Å². The number of benzene rings is 1. The largest absolute Gasteiger partial charge is 0.343 e. The zero-order chi connectivity index (χ0) is 12.3. The molecule has 0 saturated carbocycles. The Morgan fingerprint density at radius 1 is 1.29 bits per heavy atom. The lowest BCUT2D eigenvalue weighted by atomic mass is 10.1. The molecule has 1 fully saturated rings. The Morgan fingerprint density at radius 2 is 2.06 bits per heavy atom. The first-order valence-corrected chi connectivity index (χ1v) is 5.93. The maximum absolute atomic E-state index is 11.6. The highest BCUT2D eigenvalue weighted by molar-refractivity contribution is 5.78. The fraction of sp³-hybridized carbons (Fsp3) is 0.462. The van der Waals surface area contributed by atoms with Crippen molar-refractivity contribution >= 4 is 5.91 Å². The zero-order valence-corrected chi connectivity index (χ0v) is 10.2. The molecule has 0 spiro atoms. The van der Waals surface area contributed by atoms with E-state index in [1.165, 1.54) is 5.56 Å². The molecule has 2 rings (SSSR count). The highest BCUT2D eigenvalue weighted by atomic mass is 16.2. The Bertz CT molecular complexity index is 405. The van der Waals surface area contributed by atoms with E-state index in [4.69, 9.17) is 5.73 Å². The van der Waals surface area contributed by atoms with Crippen LogP contribution in [0.3, 0.4) is 0 Å². The lowest BCUT2D eigenvalue weighted by Gasteiger charge is -2.31.